The fourth-order valence-electron chi connectivity index (χ4n) is 0.989. The number of anilines is 1. The zero-order valence-electron chi connectivity index (χ0n) is 7.34. The fourth-order valence-corrected chi connectivity index (χ4v) is 1.92. The number of hydrogen-bond donors (Lipinski definition) is 1. The van der Waals surface area contributed by atoms with E-state index in [1.54, 1.807) is 23.7 Å². The van der Waals surface area contributed by atoms with Gasteiger partial charge in [0.15, 0.2) is 0 Å². The van der Waals surface area contributed by atoms with Gasteiger partial charge in [-0.2, -0.15) is 0 Å². The van der Waals surface area contributed by atoms with E-state index < -0.39 is 0 Å². The maximum atomic E-state index is 4.31. The molecule has 0 aliphatic heterocycles. The van der Waals surface area contributed by atoms with Gasteiger partial charge in [-0.15, -0.1) is 0 Å². The second kappa shape index (κ2) is 4.42. The van der Waals surface area contributed by atoms with Crippen LogP contribution < -0.4 is 4.30 Å². The Morgan fingerprint density at radius 3 is 3.00 bits per heavy atom. The van der Waals surface area contributed by atoms with Gasteiger partial charge in [-0.3, -0.25) is 0 Å². The van der Waals surface area contributed by atoms with Gasteiger partial charge in [0.05, 0.1) is 0 Å². The van der Waals surface area contributed by atoms with Crippen molar-refractivity contribution >= 4 is 37.7 Å². The summed E-state index contributed by atoms with van der Waals surface area (Å²) < 4.78 is 3.04. The Bertz CT molecular complexity index is 429. The predicted octanol–water partition coefficient (Wildman–Crippen LogP) is 1.06. The Kier molecular flexibility index (Phi) is 2.99. The molecule has 0 aliphatic carbocycles. The Labute approximate surface area is 91.5 Å². The molecule has 0 bridgehead atoms. The molecule has 0 radical (unpaired) electrons. The van der Waals surface area contributed by atoms with Crippen molar-refractivity contribution in [3.05, 3.63) is 23.8 Å². The molecular weight excluding hydrogens is 211 g/mol. The molecule has 4 nitrogen and oxygen atoms in total. The molecule has 68 valence electrons. The Morgan fingerprint density at radius 1 is 1.36 bits per heavy atom. The van der Waals surface area contributed by atoms with Crippen molar-refractivity contribution < 1.29 is 0 Å². The molecule has 1 N–H and O–H groups in total. The van der Waals surface area contributed by atoms with Crippen LogP contribution in [0.5, 0.6) is 0 Å². The quantitative estimate of drug-likeness (QED) is 0.783. The van der Waals surface area contributed by atoms with Crippen LogP contribution in [0.1, 0.15) is 0 Å². The molecule has 2 aromatic rings. The van der Waals surface area contributed by atoms with Crippen molar-refractivity contribution in [3.8, 4) is 10.7 Å². The van der Waals surface area contributed by atoms with Crippen LogP contribution in [0, 0.1) is 0 Å². The van der Waals surface area contributed by atoms with E-state index in [-0.39, 0.29) is 15.0 Å². The molecule has 0 atom stereocenters. The molecule has 0 unspecified atom stereocenters. The average Bonchev–Trinajstić information content (AvgIpc) is 2.71. The molecule has 0 amide bonds. The molecule has 2 heterocycles. The second-order valence-corrected chi connectivity index (χ2v) is 4.04. The van der Waals surface area contributed by atoms with Crippen LogP contribution >= 0.6 is 11.3 Å². The van der Waals surface area contributed by atoms with Gasteiger partial charge >= 0.3 is 91.5 Å². The topological polar surface area (TPSA) is 50.7 Å². The van der Waals surface area contributed by atoms with Crippen molar-refractivity contribution in [1.82, 2.24) is 15.0 Å². The summed E-state index contributed by atoms with van der Waals surface area (Å²) in [6.45, 7) is 0. The van der Waals surface area contributed by atoms with Gasteiger partial charge in [0, 0.05) is 0 Å². The summed E-state index contributed by atoms with van der Waals surface area (Å²) in [5.74, 6) is 0.628. The van der Waals surface area contributed by atoms with Gasteiger partial charge in [0.25, 0.3) is 0 Å². The first-order valence-electron chi connectivity index (χ1n) is 4.00. The standard InChI is InChI=1S/C7H5N4S.CH2.Al/c8-7-10-2-1-5(11-7)6-9-3-4-12-6;;/h1-4H,(H-,8,10,11);1H2;/q-1;;+1. The molecule has 0 aliphatic rings. The van der Waals surface area contributed by atoms with Gasteiger partial charge in [-0.05, 0) is 0 Å². The van der Waals surface area contributed by atoms with E-state index in [2.05, 4.69) is 24.6 Å². The Balaban J connectivity index is 2.35. The molecule has 6 heteroatoms. The summed E-state index contributed by atoms with van der Waals surface area (Å²) >= 11 is 1.49. The van der Waals surface area contributed by atoms with Crippen LogP contribution in [-0.2, 0) is 0 Å². The molecule has 14 heavy (non-hydrogen) atoms. The number of aromatic nitrogens is 3. The molecular formula is C8H7AlN4S. The summed E-state index contributed by atoms with van der Waals surface area (Å²) in [6, 6.07) is 1.85. The normalized spacial score (nSPS) is 9.43. The first kappa shape index (κ1) is 9.47. The number of nitrogens with zero attached hydrogens (tertiary/aromatic N) is 3. The van der Waals surface area contributed by atoms with E-state index in [1.807, 2.05) is 11.4 Å². The zero-order valence-corrected chi connectivity index (χ0v) is 9.31. The van der Waals surface area contributed by atoms with Gasteiger partial charge in [0.2, 0.25) is 0 Å². The number of hydrogen-bond acceptors (Lipinski definition) is 5. The third-order valence-corrected chi connectivity index (χ3v) is 2.80. The molecule has 0 saturated heterocycles. The van der Waals surface area contributed by atoms with Crippen molar-refractivity contribution in [2.75, 3.05) is 4.30 Å². The molecule has 2 rings (SSSR count). The van der Waals surface area contributed by atoms with E-state index in [0.717, 1.165) is 10.7 Å². The van der Waals surface area contributed by atoms with E-state index >= 15 is 0 Å². The van der Waals surface area contributed by atoms with Gasteiger partial charge in [0.1, 0.15) is 0 Å². The molecule has 2 aromatic heterocycles. The van der Waals surface area contributed by atoms with E-state index in [9.17, 15) is 0 Å². The zero-order chi connectivity index (χ0) is 9.80. The van der Waals surface area contributed by atoms with E-state index in [0.29, 0.717) is 5.95 Å². The predicted molar refractivity (Wildman–Crippen MR) is 59.6 cm³/mol. The second-order valence-electron chi connectivity index (χ2n) is 2.45. The van der Waals surface area contributed by atoms with E-state index in [4.69, 9.17) is 0 Å². The molecule has 0 aromatic carbocycles. The third kappa shape index (κ3) is 2.04. The minimum atomic E-state index is -0.0772. The monoisotopic (exact) mass is 218 g/mol. The van der Waals surface area contributed by atoms with Crippen LogP contribution in [0.25, 0.3) is 10.7 Å². The number of thiazole rings is 1. The molecule has 0 spiro atoms. The minimum absolute atomic E-state index is 0.0772. The van der Waals surface area contributed by atoms with E-state index in [1.165, 1.54) is 0 Å². The Hall–Kier alpha value is -1.09. The number of nitrogens with one attached hydrogen (secondary N) is 1. The van der Waals surface area contributed by atoms with Crippen LogP contribution in [0.3, 0.4) is 0 Å². The van der Waals surface area contributed by atoms with Crippen LogP contribution in [-0.4, -0.2) is 35.3 Å². The van der Waals surface area contributed by atoms with Crippen LogP contribution in [0.4, 0.5) is 5.95 Å². The van der Waals surface area contributed by atoms with Gasteiger partial charge < -0.3 is 0 Å². The SMILES string of the molecule is [CH2]=[Al][NH]c1nccc(-c2nccs2)n1. The van der Waals surface area contributed by atoms with Crippen LogP contribution in [0.2, 0.25) is 0 Å². The van der Waals surface area contributed by atoms with Crippen molar-refractivity contribution in [2.45, 2.75) is 0 Å². The summed E-state index contributed by atoms with van der Waals surface area (Å²) in [4.78, 5) is 12.6. The first-order valence-corrected chi connectivity index (χ1v) is 6.28. The average molecular weight is 218 g/mol. The number of rotatable bonds is 3. The summed E-state index contributed by atoms with van der Waals surface area (Å²) in [5, 5.41) is 6.59. The fraction of sp³-hybridized carbons (Fsp3) is 0. The van der Waals surface area contributed by atoms with Crippen molar-refractivity contribution in [1.29, 1.82) is 0 Å². The van der Waals surface area contributed by atoms with Crippen molar-refractivity contribution in [3.63, 3.8) is 0 Å². The summed E-state index contributed by atoms with van der Waals surface area (Å²) in [6.07, 6.45) is 3.49. The third-order valence-electron chi connectivity index (χ3n) is 1.54. The van der Waals surface area contributed by atoms with Gasteiger partial charge in [-0.25, -0.2) is 0 Å². The maximum absolute atomic E-state index is 4.31. The molecule has 0 fully saturated rings. The first-order chi connectivity index (χ1) is 6.90. The summed E-state index contributed by atoms with van der Waals surface area (Å²) in [5.41, 5.74) is 0.852. The van der Waals surface area contributed by atoms with Crippen LogP contribution in [0.15, 0.2) is 23.8 Å². The summed E-state index contributed by atoms with van der Waals surface area (Å²) in [7, 11) is 0. The van der Waals surface area contributed by atoms with Crippen molar-refractivity contribution in [2.24, 2.45) is 0 Å². The molecule has 0 saturated carbocycles. The van der Waals surface area contributed by atoms with Gasteiger partial charge in [-0.1, -0.05) is 0 Å². The Morgan fingerprint density at radius 2 is 2.29 bits per heavy atom.